The van der Waals surface area contributed by atoms with Gasteiger partial charge in [0.05, 0.1) is 6.61 Å². The highest BCUT2D eigenvalue weighted by Crippen LogP contribution is 2.39. The summed E-state index contributed by atoms with van der Waals surface area (Å²) < 4.78 is 0. The number of hydrogen-bond acceptors (Lipinski definition) is 2. The zero-order valence-electron chi connectivity index (χ0n) is 7.25. The first-order valence-electron chi connectivity index (χ1n) is 4.29. The van der Waals surface area contributed by atoms with E-state index in [1.807, 2.05) is 0 Å². The Labute approximate surface area is 90.7 Å². The molecule has 0 bridgehead atoms. The number of aliphatic hydroxyl groups excluding tert-OH is 1. The Morgan fingerprint density at radius 3 is 2.92 bits per heavy atom. The quantitative estimate of drug-likeness (QED) is 0.580. The van der Waals surface area contributed by atoms with Crippen molar-refractivity contribution in [1.29, 1.82) is 0 Å². The molecule has 2 saturated heterocycles. The van der Waals surface area contributed by atoms with Crippen LogP contribution in [0.25, 0.3) is 0 Å². The van der Waals surface area contributed by atoms with Crippen LogP contribution in [0.15, 0.2) is 12.2 Å². The second-order valence-corrected chi connectivity index (χ2v) is 3.83. The number of fused-ring (bicyclic) bond motifs is 1. The van der Waals surface area contributed by atoms with Gasteiger partial charge in [0, 0.05) is 12.1 Å². The van der Waals surface area contributed by atoms with Crippen LogP contribution in [0.1, 0.15) is 19.3 Å². The molecule has 2 rings (SSSR count). The van der Waals surface area contributed by atoms with Crippen molar-refractivity contribution in [2.24, 2.45) is 0 Å². The summed E-state index contributed by atoms with van der Waals surface area (Å²) >= 11 is 0. The first kappa shape index (κ1) is 10.5. The smallest absolute Gasteiger partial charge is 0.0618 e. The zero-order valence-corrected chi connectivity index (χ0v) is 9.58. The van der Waals surface area contributed by atoms with E-state index in [1.54, 1.807) is 0 Å². The van der Waals surface area contributed by atoms with Crippen LogP contribution in [-0.2, 0) is 0 Å². The molecule has 0 saturated carbocycles. The highest BCUT2D eigenvalue weighted by molar-refractivity contribution is 14.0. The summed E-state index contributed by atoms with van der Waals surface area (Å²) in [7, 11) is 0. The maximum absolute atomic E-state index is 9.26. The van der Waals surface area contributed by atoms with Gasteiger partial charge in [0.1, 0.15) is 0 Å². The topological polar surface area (TPSA) is 23.5 Å². The summed E-state index contributed by atoms with van der Waals surface area (Å²) in [4.78, 5) is 2.38. The minimum Gasteiger partial charge on any atom is -0.394 e. The summed E-state index contributed by atoms with van der Waals surface area (Å²) in [5.74, 6) is 0. The fourth-order valence-corrected chi connectivity index (χ4v) is 2.47. The van der Waals surface area contributed by atoms with Crippen molar-refractivity contribution >= 4 is 24.0 Å². The standard InChI is InChI=1S/C9H15NO.HI/c1-8-5-9(7-11)3-2-4-10(9)6-8;/h11H,1-7H2;1H. The average Bonchev–Trinajstić information content (AvgIpc) is 2.43. The van der Waals surface area contributed by atoms with Crippen molar-refractivity contribution in [3.8, 4) is 0 Å². The summed E-state index contributed by atoms with van der Waals surface area (Å²) in [6.45, 7) is 6.46. The minimum atomic E-state index is 0. The molecule has 2 aliphatic heterocycles. The maximum atomic E-state index is 9.26. The Balaban J connectivity index is 0.000000720. The highest BCUT2D eigenvalue weighted by Gasteiger charge is 2.44. The molecule has 1 atom stereocenters. The van der Waals surface area contributed by atoms with Gasteiger partial charge in [-0.05, 0) is 25.8 Å². The van der Waals surface area contributed by atoms with Gasteiger partial charge in [-0.15, -0.1) is 24.0 Å². The Hall–Kier alpha value is 0.390. The van der Waals surface area contributed by atoms with Gasteiger partial charge in [0.2, 0.25) is 0 Å². The monoisotopic (exact) mass is 281 g/mol. The molecule has 1 unspecified atom stereocenters. The molecule has 0 aromatic carbocycles. The lowest BCUT2D eigenvalue weighted by molar-refractivity contribution is 0.1000. The SMILES string of the molecule is C=C1CN2CCCC2(CO)C1.I. The van der Waals surface area contributed by atoms with Crippen molar-refractivity contribution < 1.29 is 5.11 Å². The molecule has 12 heavy (non-hydrogen) atoms. The predicted octanol–water partition coefficient (Wildman–Crippen LogP) is 1.39. The summed E-state index contributed by atoms with van der Waals surface area (Å²) in [6.07, 6.45) is 3.42. The molecule has 0 spiro atoms. The summed E-state index contributed by atoms with van der Waals surface area (Å²) in [6, 6.07) is 0. The van der Waals surface area contributed by atoms with Crippen molar-refractivity contribution in [1.82, 2.24) is 4.90 Å². The molecule has 2 nitrogen and oxygen atoms in total. The van der Waals surface area contributed by atoms with Crippen molar-refractivity contribution in [2.45, 2.75) is 24.8 Å². The van der Waals surface area contributed by atoms with E-state index in [2.05, 4.69) is 11.5 Å². The molecule has 70 valence electrons. The second-order valence-electron chi connectivity index (χ2n) is 3.83. The molecular formula is C9H16INO. The molecule has 2 heterocycles. The minimum absolute atomic E-state index is 0. The van der Waals surface area contributed by atoms with Crippen LogP contribution in [0.5, 0.6) is 0 Å². The normalized spacial score (nSPS) is 34.9. The molecule has 3 heteroatoms. The van der Waals surface area contributed by atoms with E-state index in [4.69, 9.17) is 0 Å². The van der Waals surface area contributed by atoms with E-state index in [1.165, 1.54) is 12.0 Å². The number of aliphatic hydroxyl groups is 1. The second kappa shape index (κ2) is 3.64. The van der Waals surface area contributed by atoms with Crippen molar-refractivity contribution in [3.63, 3.8) is 0 Å². The average molecular weight is 281 g/mol. The van der Waals surface area contributed by atoms with Crippen LogP contribution in [-0.4, -0.2) is 35.2 Å². The first-order valence-corrected chi connectivity index (χ1v) is 4.29. The van der Waals surface area contributed by atoms with Crippen LogP contribution >= 0.6 is 24.0 Å². The number of halogens is 1. The number of nitrogens with zero attached hydrogens (tertiary/aromatic N) is 1. The Morgan fingerprint density at radius 2 is 2.33 bits per heavy atom. The first-order chi connectivity index (χ1) is 5.27. The van der Waals surface area contributed by atoms with Crippen LogP contribution in [0, 0.1) is 0 Å². The molecule has 0 aromatic heterocycles. The third-order valence-corrected chi connectivity index (χ3v) is 3.03. The van der Waals surface area contributed by atoms with Gasteiger partial charge < -0.3 is 5.11 Å². The van der Waals surface area contributed by atoms with Crippen LogP contribution < -0.4 is 0 Å². The molecule has 0 aromatic rings. The molecule has 0 aliphatic carbocycles. The van der Waals surface area contributed by atoms with Crippen LogP contribution in [0.2, 0.25) is 0 Å². The Morgan fingerprint density at radius 1 is 1.58 bits per heavy atom. The lowest BCUT2D eigenvalue weighted by Crippen LogP contribution is -2.41. The molecular weight excluding hydrogens is 265 g/mol. The van der Waals surface area contributed by atoms with E-state index in [9.17, 15) is 5.11 Å². The van der Waals surface area contributed by atoms with Crippen molar-refractivity contribution in [3.05, 3.63) is 12.2 Å². The van der Waals surface area contributed by atoms with E-state index in [-0.39, 0.29) is 29.5 Å². The predicted molar refractivity (Wildman–Crippen MR) is 59.8 cm³/mol. The molecule has 2 aliphatic rings. The zero-order chi connectivity index (χ0) is 7.90. The molecule has 0 amide bonds. The maximum Gasteiger partial charge on any atom is 0.0618 e. The van der Waals surface area contributed by atoms with Gasteiger partial charge in [-0.2, -0.15) is 0 Å². The van der Waals surface area contributed by atoms with Gasteiger partial charge in [0.25, 0.3) is 0 Å². The Kier molecular flexibility index (Phi) is 3.17. The van der Waals surface area contributed by atoms with Crippen LogP contribution in [0.4, 0.5) is 0 Å². The van der Waals surface area contributed by atoms with Gasteiger partial charge in [-0.3, -0.25) is 4.90 Å². The van der Waals surface area contributed by atoms with Gasteiger partial charge in [-0.1, -0.05) is 12.2 Å². The third-order valence-electron chi connectivity index (χ3n) is 3.03. The molecule has 1 N–H and O–H groups in total. The summed E-state index contributed by atoms with van der Waals surface area (Å²) in [5, 5.41) is 9.26. The van der Waals surface area contributed by atoms with Gasteiger partial charge >= 0.3 is 0 Å². The fourth-order valence-electron chi connectivity index (χ4n) is 2.47. The number of hydrogen-bond donors (Lipinski definition) is 1. The molecule has 0 radical (unpaired) electrons. The molecule has 2 fully saturated rings. The van der Waals surface area contributed by atoms with Crippen molar-refractivity contribution in [2.75, 3.05) is 19.7 Å². The fraction of sp³-hybridized carbons (Fsp3) is 0.778. The summed E-state index contributed by atoms with van der Waals surface area (Å²) in [5.41, 5.74) is 1.40. The largest absolute Gasteiger partial charge is 0.394 e. The van der Waals surface area contributed by atoms with Crippen LogP contribution in [0.3, 0.4) is 0 Å². The number of rotatable bonds is 1. The lowest BCUT2D eigenvalue weighted by Gasteiger charge is -2.28. The van der Waals surface area contributed by atoms with Gasteiger partial charge in [0.15, 0.2) is 0 Å². The highest BCUT2D eigenvalue weighted by atomic mass is 127. The van der Waals surface area contributed by atoms with E-state index < -0.39 is 0 Å². The Bertz CT molecular complexity index is 195. The van der Waals surface area contributed by atoms with E-state index in [0.29, 0.717) is 6.61 Å². The van der Waals surface area contributed by atoms with E-state index >= 15 is 0 Å². The lowest BCUT2D eigenvalue weighted by atomic mass is 9.94. The van der Waals surface area contributed by atoms with E-state index in [0.717, 1.165) is 25.9 Å². The van der Waals surface area contributed by atoms with Gasteiger partial charge in [-0.25, -0.2) is 0 Å². The third kappa shape index (κ3) is 1.42.